The predicted octanol–water partition coefficient (Wildman–Crippen LogP) is 2.04. The number of benzene rings is 1. The van der Waals surface area contributed by atoms with Crippen LogP contribution in [0.1, 0.15) is 50.5 Å². The summed E-state index contributed by atoms with van der Waals surface area (Å²) in [5.41, 5.74) is -0.399. The number of aliphatic carboxylic acids is 3. The van der Waals surface area contributed by atoms with E-state index in [0.29, 0.717) is 74.7 Å². The maximum atomic E-state index is 13.2. The Morgan fingerprint density at radius 2 is 1.06 bits per heavy atom. The van der Waals surface area contributed by atoms with E-state index in [2.05, 4.69) is 10.6 Å². The van der Waals surface area contributed by atoms with Gasteiger partial charge in [-0.15, -0.1) is 0 Å². The Balaban J connectivity index is 2.76. The highest BCUT2D eigenvalue weighted by molar-refractivity contribution is 8.00. The van der Waals surface area contributed by atoms with Gasteiger partial charge in [-0.1, -0.05) is 12.1 Å². The molecule has 0 saturated carbocycles. The highest BCUT2D eigenvalue weighted by Gasteiger charge is 2.33. The number of hydrogen-bond donors (Lipinski definition) is 6. The van der Waals surface area contributed by atoms with Gasteiger partial charge in [0.15, 0.2) is 0 Å². The van der Waals surface area contributed by atoms with Gasteiger partial charge in [0.05, 0.1) is 42.0 Å². The summed E-state index contributed by atoms with van der Waals surface area (Å²) in [6.07, 6.45) is 2.84. The van der Waals surface area contributed by atoms with Crippen LogP contribution in [0.25, 0.3) is 0 Å². The van der Waals surface area contributed by atoms with Crippen LogP contribution in [0.2, 0.25) is 0 Å². The maximum absolute atomic E-state index is 13.2. The molecule has 2 amide bonds. The van der Waals surface area contributed by atoms with Crippen LogP contribution in [0.5, 0.6) is 0 Å². The summed E-state index contributed by atoms with van der Waals surface area (Å²) in [6.45, 7) is 1.19. The second-order valence-corrected chi connectivity index (χ2v) is 16.4. The normalized spacial score (nSPS) is 11.6. The van der Waals surface area contributed by atoms with Gasteiger partial charge < -0.3 is 40.2 Å². The molecule has 7 N–H and O–H groups in total. The molecule has 0 aromatic heterocycles. The molecule has 52 heavy (non-hydrogen) atoms. The maximum Gasteiger partial charge on any atom is 0.313 e. The Morgan fingerprint density at radius 1 is 0.654 bits per heavy atom. The minimum Gasteiger partial charge on any atom is -0.481 e. The van der Waals surface area contributed by atoms with Gasteiger partial charge in [-0.2, -0.15) is 35.3 Å². The van der Waals surface area contributed by atoms with E-state index in [0.717, 1.165) is 0 Å². The summed E-state index contributed by atoms with van der Waals surface area (Å²) in [5, 5.41) is 37.4. The third kappa shape index (κ3) is 25.4. The van der Waals surface area contributed by atoms with E-state index >= 15 is 0 Å². The monoisotopic (exact) mass is 813 g/mol. The largest absolute Gasteiger partial charge is 0.481 e. The molecule has 0 radical (unpaired) electrons. The summed E-state index contributed by atoms with van der Waals surface area (Å²) < 4.78 is 40.6. The van der Waals surface area contributed by atoms with Gasteiger partial charge in [-0.05, 0) is 67.1 Å². The van der Waals surface area contributed by atoms with Crippen LogP contribution in [0.15, 0.2) is 29.2 Å². The smallest absolute Gasteiger partial charge is 0.313 e. The van der Waals surface area contributed by atoms with E-state index in [1.807, 2.05) is 0 Å². The van der Waals surface area contributed by atoms with E-state index in [1.54, 1.807) is 12.1 Å². The number of primary sulfonamides is 1. The number of rotatable bonds is 33. The van der Waals surface area contributed by atoms with Crippen LogP contribution in [-0.2, 0) is 54.8 Å². The molecule has 0 heterocycles. The minimum absolute atomic E-state index is 0.0177. The molecule has 1 aromatic rings. The van der Waals surface area contributed by atoms with E-state index in [9.17, 15) is 32.4 Å². The number of carboxylic acid groups (broad SMARTS) is 3. The zero-order valence-corrected chi connectivity index (χ0v) is 32.4. The van der Waals surface area contributed by atoms with E-state index in [-0.39, 0.29) is 73.2 Å². The lowest BCUT2D eigenvalue weighted by Crippen LogP contribution is -2.58. The van der Waals surface area contributed by atoms with Crippen molar-refractivity contribution in [3.05, 3.63) is 29.8 Å². The van der Waals surface area contributed by atoms with Crippen LogP contribution >= 0.6 is 35.3 Å². The molecule has 0 aliphatic heterocycles. The van der Waals surface area contributed by atoms with Crippen LogP contribution in [-0.4, -0.2) is 133 Å². The molecule has 1 aromatic carbocycles. The summed E-state index contributed by atoms with van der Waals surface area (Å²) in [6, 6.07) is 5.84. The Bertz CT molecular complexity index is 1270. The van der Waals surface area contributed by atoms with Crippen molar-refractivity contribution < 1.29 is 61.9 Å². The van der Waals surface area contributed by atoms with Gasteiger partial charge in [0, 0.05) is 39.2 Å². The number of amides is 2. The fourth-order valence-corrected chi connectivity index (χ4v) is 6.76. The van der Waals surface area contributed by atoms with E-state index in [4.69, 9.17) is 34.7 Å². The molecular weight excluding hydrogens is 763 g/mol. The lowest BCUT2D eigenvalue weighted by Gasteiger charge is -2.34. The summed E-state index contributed by atoms with van der Waals surface area (Å²) in [5.74, 6) is -1.59. The standard InChI is InChI=1S/C32H51N3O13S4/c33-52(44,45)26-10-8-25(9-11-26)18-34-27(36)6-1-2-7-28(37)35-32(22-46-12-3-15-49-19-29(38)39,23-47-13-4-16-50-20-30(40)41)24-48-14-5-17-51-21-31(42)43/h8-11H,1-7,12-24H2,(H,34,36)(H,35,37)(H,38,39)(H,40,41)(H,42,43)(H2,33,44,45). The Labute approximate surface area is 317 Å². The summed E-state index contributed by atoms with van der Waals surface area (Å²) in [7, 11) is -3.81. The number of carbonyl (C=O) groups excluding carboxylic acids is 2. The second-order valence-electron chi connectivity index (χ2n) is 11.6. The van der Waals surface area contributed by atoms with Crippen molar-refractivity contribution in [2.24, 2.45) is 5.14 Å². The lowest BCUT2D eigenvalue weighted by molar-refractivity contribution is -0.134. The summed E-state index contributed by atoms with van der Waals surface area (Å²) >= 11 is 3.80. The second kappa shape index (κ2) is 27.9. The third-order valence-corrected chi connectivity index (χ3v) is 10.8. The fourth-order valence-electron chi connectivity index (χ4n) is 4.32. The van der Waals surface area contributed by atoms with Gasteiger partial charge in [-0.25, -0.2) is 13.6 Å². The van der Waals surface area contributed by atoms with Gasteiger partial charge >= 0.3 is 17.9 Å². The quantitative estimate of drug-likeness (QED) is 0.0555. The predicted molar refractivity (Wildman–Crippen MR) is 200 cm³/mol. The molecule has 0 spiro atoms. The Morgan fingerprint density at radius 3 is 1.44 bits per heavy atom. The van der Waals surface area contributed by atoms with E-state index in [1.165, 1.54) is 47.4 Å². The molecule has 20 heteroatoms. The van der Waals surface area contributed by atoms with Crippen molar-refractivity contribution in [2.45, 2.75) is 61.9 Å². The third-order valence-electron chi connectivity index (χ3n) is 6.75. The van der Waals surface area contributed by atoms with E-state index < -0.39 is 33.5 Å². The first-order valence-corrected chi connectivity index (χ1v) is 21.5. The van der Waals surface area contributed by atoms with Crippen LogP contribution in [0, 0.1) is 0 Å². The van der Waals surface area contributed by atoms with Crippen molar-refractivity contribution in [1.82, 2.24) is 10.6 Å². The highest BCUT2D eigenvalue weighted by atomic mass is 32.2. The van der Waals surface area contributed by atoms with Crippen LogP contribution in [0.4, 0.5) is 0 Å². The average molecular weight is 814 g/mol. The highest BCUT2D eigenvalue weighted by Crippen LogP contribution is 2.14. The lowest BCUT2D eigenvalue weighted by atomic mass is 10.0. The number of nitrogens with one attached hydrogen (secondary N) is 2. The van der Waals surface area contributed by atoms with Gasteiger partial charge in [0.2, 0.25) is 21.8 Å². The Kier molecular flexibility index (Phi) is 25.5. The van der Waals surface area contributed by atoms with Crippen molar-refractivity contribution in [3.63, 3.8) is 0 Å². The molecule has 0 saturated heterocycles. The van der Waals surface area contributed by atoms with Gasteiger partial charge in [-0.3, -0.25) is 24.0 Å². The first-order chi connectivity index (χ1) is 24.7. The van der Waals surface area contributed by atoms with Crippen LogP contribution < -0.4 is 15.8 Å². The molecule has 0 aliphatic rings. The zero-order chi connectivity index (χ0) is 38.7. The summed E-state index contributed by atoms with van der Waals surface area (Å²) in [4.78, 5) is 57.9. The molecule has 0 atom stereocenters. The zero-order valence-electron chi connectivity index (χ0n) is 29.1. The molecule has 296 valence electrons. The first-order valence-electron chi connectivity index (χ1n) is 16.5. The van der Waals surface area contributed by atoms with Crippen molar-refractivity contribution in [2.75, 3.05) is 74.2 Å². The number of ether oxygens (including phenoxy) is 3. The minimum atomic E-state index is -3.81. The molecule has 0 fully saturated rings. The van der Waals surface area contributed by atoms with Crippen molar-refractivity contribution in [1.29, 1.82) is 0 Å². The number of hydrogen-bond acceptors (Lipinski definition) is 13. The Hall–Kier alpha value is -2.59. The number of unbranched alkanes of at least 4 members (excludes halogenated alkanes) is 1. The number of carboxylic acids is 3. The van der Waals surface area contributed by atoms with Gasteiger partial charge in [0.1, 0.15) is 5.54 Å². The van der Waals surface area contributed by atoms with Gasteiger partial charge in [0.25, 0.3) is 0 Å². The number of carbonyl (C=O) groups is 5. The molecule has 0 unspecified atom stereocenters. The average Bonchev–Trinajstić information content (AvgIpc) is 3.07. The molecule has 0 aliphatic carbocycles. The number of nitrogens with two attached hydrogens (primary N) is 1. The molecule has 16 nitrogen and oxygen atoms in total. The SMILES string of the molecule is NS(=O)(=O)c1ccc(CNC(=O)CCCCC(=O)NC(COCCCSCC(=O)O)(COCCCSCC(=O)O)COCCCSCC(=O)O)cc1. The van der Waals surface area contributed by atoms with Crippen molar-refractivity contribution >= 4 is 75.0 Å². The topological polar surface area (TPSA) is 258 Å². The number of sulfonamides is 1. The van der Waals surface area contributed by atoms with Crippen molar-refractivity contribution in [3.8, 4) is 0 Å². The first kappa shape index (κ1) is 47.4. The number of thioether (sulfide) groups is 3. The molecule has 1 rings (SSSR count). The van der Waals surface area contributed by atoms with Crippen LogP contribution in [0.3, 0.4) is 0 Å². The fraction of sp³-hybridized carbons (Fsp3) is 0.656. The molecular formula is C32H51N3O13S4. The molecule has 0 bridgehead atoms.